The Hall–Kier alpha value is -3.41. The van der Waals surface area contributed by atoms with Gasteiger partial charge < -0.3 is 15.3 Å². The molecule has 0 saturated heterocycles. The van der Waals surface area contributed by atoms with Gasteiger partial charge in [-0.1, -0.05) is 17.3 Å². The zero-order valence-electron chi connectivity index (χ0n) is 14.1. The van der Waals surface area contributed by atoms with E-state index in [1.165, 1.54) is 0 Å². The number of benzene rings is 1. The third kappa shape index (κ3) is 3.64. The highest BCUT2D eigenvalue weighted by molar-refractivity contribution is 5.87. The summed E-state index contributed by atoms with van der Waals surface area (Å²) in [6.45, 7) is 0. The molecule has 1 aliphatic rings. The van der Waals surface area contributed by atoms with Crippen LogP contribution in [0.5, 0.6) is 11.5 Å². The summed E-state index contributed by atoms with van der Waals surface area (Å²) in [5.74, 6) is 1.98. The fraction of sp³-hybridized carbons (Fsp3) is 0.150. The van der Waals surface area contributed by atoms with Crippen LogP contribution < -0.4 is 10.5 Å². The Balaban J connectivity index is 1.37. The minimum atomic E-state index is -0.160. The summed E-state index contributed by atoms with van der Waals surface area (Å²) >= 11 is 0. The van der Waals surface area contributed by atoms with E-state index in [0.717, 1.165) is 29.0 Å². The maximum absolute atomic E-state index is 5.92. The Morgan fingerprint density at radius 1 is 1.04 bits per heavy atom. The maximum atomic E-state index is 5.92. The van der Waals surface area contributed by atoms with Gasteiger partial charge in [0.05, 0.1) is 11.9 Å². The average Bonchev–Trinajstić information content (AvgIpc) is 3.13. The quantitative estimate of drug-likeness (QED) is 0.757. The van der Waals surface area contributed by atoms with Crippen molar-refractivity contribution in [3.63, 3.8) is 0 Å². The molecule has 6 heteroatoms. The molecule has 2 N–H and O–H groups in total. The molecule has 130 valence electrons. The molecule has 0 saturated carbocycles. The second kappa shape index (κ2) is 7.23. The van der Waals surface area contributed by atoms with Gasteiger partial charge in [0, 0.05) is 30.8 Å². The molecule has 0 radical (unpaired) electrons. The van der Waals surface area contributed by atoms with E-state index in [1.807, 2.05) is 48.5 Å². The van der Waals surface area contributed by atoms with Gasteiger partial charge in [-0.05, 0) is 42.0 Å². The van der Waals surface area contributed by atoms with Crippen LogP contribution in [0.2, 0.25) is 0 Å². The van der Waals surface area contributed by atoms with Gasteiger partial charge in [-0.2, -0.15) is 0 Å². The van der Waals surface area contributed by atoms with Crippen LogP contribution in [-0.4, -0.2) is 15.7 Å². The van der Waals surface area contributed by atoms with Gasteiger partial charge in [0.15, 0.2) is 6.10 Å². The monoisotopic (exact) mass is 346 g/mol. The Morgan fingerprint density at radius 2 is 1.88 bits per heavy atom. The SMILES string of the molecule is Nc1ncccc1C1CC(Cc2ccc(Oc3cccnc3)cc2)=NO1. The summed E-state index contributed by atoms with van der Waals surface area (Å²) < 4.78 is 5.75. The Morgan fingerprint density at radius 3 is 2.65 bits per heavy atom. The molecule has 6 nitrogen and oxygen atoms in total. The lowest BCUT2D eigenvalue weighted by molar-refractivity contribution is 0.0860. The van der Waals surface area contributed by atoms with Crippen LogP contribution in [-0.2, 0) is 11.3 Å². The molecule has 1 aromatic carbocycles. The molecule has 0 bridgehead atoms. The highest BCUT2D eigenvalue weighted by atomic mass is 16.6. The van der Waals surface area contributed by atoms with E-state index in [4.69, 9.17) is 15.3 Å². The molecule has 3 heterocycles. The van der Waals surface area contributed by atoms with Crippen molar-refractivity contribution in [2.24, 2.45) is 5.16 Å². The third-order valence-corrected chi connectivity index (χ3v) is 4.15. The van der Waals surface area contributed by atoms with E-state index < -0.39 is 0 Å². The average molecular weight is 346 g/mol. The van der Waals surface area contributed by atoms with E-state index in [0.29, 0.717) is 18.0 Å². The van der Waals surface area contributed by atoms with E-state index >= 15 is 0 Å². The van der Waals surface area contributed by atoms with E-state index in [9.17, 15) is 0 Å². The molecular formula is C20H18N4O2. The first kappa shape index (κ1) is 16.1. The van der Waals surface area contributed by atoms with Gasteiger partial charge in [0.2, 0.25) is 0 Å². The first-order valence-electron chi connectivity index (χ1n) is 8.37. The summed E-state index contributed by atoms with van der Waals surface area (Å²) in [4.78, 5) is 13.7. The molecule has 1 unspecified atom stereocenters. The zero-order valence-corrected chi connectivity index (χ0v) is 14.1. The Labute approximate surface area is 151 Å². The standard InChI is InChI=1S/C20H18N4O2/c21-20-18(4-2-10-23-20)19-12-15(24-26-19)11-14-5-7-16(8-6-14)25-17-3-1-9-22-13-17/h1-10,13,19H,11-12H2,(H2,21,23). The van der Waals surface area contributed by atoms with Crippen molar-refractivity contribution in [3.05, 3.63) is 78.2 Å². The van der Waals surface area contributed by atoms with E-state index in [-0.39, 0.29) is 6.10 Å². The number of ether oxygens (including phenoxy) is 1. The van der Waals surface area contributed by atoms with Gasteiger partial charge in [0.25, 0.3) is 0 Å². The molecular weight excluding hydrogens is 328 g/mol. The minimum absolute atomic E-state index is 0.160. The number of anilines is 1. The summed E-state index contributed by atoms with van der Waals surface area (Å²) in [7, 11) is 0. The van der Waals surface area contributed by atoms with Crippen molar-refractivity contribution in [1.29, 1.82) is 0 Å². The van der Waals surface area contributed by atoms with Gasteiger partial charge in [-0.25, -0.2) is 4.98 Å². The van der Waals surface area contributed by atoms with Crippen LogP contribution in [0.15, 0.2) is 72.3 Å². The summed E-state index contributed by atoms with van der Waals surface area (Å²) in [6.07, 6.45) is 6.35. The van der Waals surface area contributed by atoms with Gasteiger partial charge in [-0.3, -0.25) is 4.98 Å². The van der Waals surface area contributed by atoms with Crippen molar-refractivity contribution in [2.45, 2.75) is 18.9 Å². The molecule has 4 rings (SSSR count). The molecule has 0 aliphatic carbocycles. The molecule has 3 aromatic rings. The van der Waals surface area contributed by atoms with Crippen LogP contribution >= 0.6 is 0 Å². The van der Waals surface area contributed by atoms with Crippen LogP contribution in [0.1, 0.15) is 23.7 Å². The second-order valence-corrected chi connectivity index (χ2v) is 6.05. The number of hydrogen-bond acceptors (Lipinski definition) is 6. The molecule has 26 heavy (non-hydrogen) atoms. The highest BCUT2D eigenvalue weighted by Crippen LogP contribution is 2.31. The number of rotatable bonds is 5. The molecule has 0 spiro atoms. The summed E-state index contributed by atoms with van der Waals surface area (Å²) in [6, 6.07) is 15.4. The Kier molecular flexibility index (Phi) is 4.47. The van der Waals surface area contributed by atoms with Crippen LogP contribution in [0.25, 0.3) is 0 Å². The highest BCUT2D eigenvalue weighted by Gasteiger charge is 2.24. The van der Waals surface area contributed by atoms with Crippen LogP contribution in [0.4, 0.5) is 5.82 Å². The normalized spacial score (nSPS) is 16.0. The smallest absolute Gasteiger partial charge is 0.161 e. The number of aromatic nitrogens is 2. The van der Waals surface area contributed by atoms with Crippen molar-refractivity contribution in [2.75, 3.05) is 5.73 Å². The zero-order chi connectivity index (χ0) is 17.8. The minimum Gasteiger partial charge on any atom is -0.456 e. The summed E-state index contributed by atoms with van der Waals surface area (Å²) in [5.41, 5.74) is 8.93. The number of oxime groups is 1. The maximum Gasteiger partial charge on any atom is 0.161 e. The predicted molar refractivity (Wildman–Crippen MR) is 99.0 cm³/mol. The van der Waals surface area contributed by atoms with E-state index in [1.54, 1.807) is 18.6 Å². The van der Waals surface area contributed by atoms with Crippen LogP contribution in [0.3, 0.4) is 0 Å². The fourth-order valence-electron chi connectivity index (χ4n) is 2.85. The van der Waals surface area contributed by atoms with Crippen LogP contribution in [0, 0.1) is 0 Å². The topological polar surface area (TPSA) is 82.6 Å². The lowest BCUT2D eigenvalue weighted by Gasteiger charge is -2.10. The number of nitrogens with zero attached hydrogens (tertiary/aromatic N) is 3. The summed E-state index contributed by atoms with van der Waals surface area (Å²) in [5, 5.41) is 4.21. The van der Waals surface area contributed by atoms with Crippen molar-refractivity contribution in [1.82, 2.24) is 9.97 Å². The van der Waals surface area contributed by atoms with Crippen molar-refractivity contribution >= 4 is 11.5 Å². The number of pyridine rings is 2. The number of hydrogen-bond donors (Lipinski definition) is 1. The first-order valence-corrected chi connectivity index (χ1v) is 8.37. The molecule has 0 amide bonds. The lowest BCUT2D eigenvalue weighted by atomic mass is 10.0. The third-order valence-electron chi connectivity index (χ3n) is 4.15. The van der Waals surface area contributed by atoms with Gasteiger partial charge >= 0.3 is 0 Å². The second-order valence-electron chi connectivity index (χ2n) is 6.05. The predicted octanol–water partition coefficient (Wildman–Crippen LogP) is 3.91. The number of nitrogen functional groups attached to an aromatic ring is 1. The van der Waals surface area contributed by atoms with Crippen molar-refractivity contribution < 1.29 is 9.57 Å². The fourth-order valence-corrected chi connectivity index (χ4v) is 2.85. The molecule has 2 aromatic heterocycles. The largest absolute Gasteiger partial charge is 0.456 e. The lowest BCUT2D eigenvalue weighted by Crippen LogP contribution is -2.06. The Bertz CT molecular complexity index is 911. The number of nitrogens with two attached hydrogens (primary N) is 1. The van der Waals surface area contributed by atoms with Crippen molar-refractivity contribution in [3.8, 4) is 11.5 Å². The molecule has 1 atom stereocenters. The van der Waals surface area contributed by atoms with Gasteiger partial charge in [0.1, 0.15) is 17.3 Å². The molecule has 1 aliphatic heterocycles. The van der Waals surface area contributed by atoms with E-state index in [2.05, 4.69) is 15.1 Å². The first-order chi connectivity index (χ1) is 12.8. The molecule has 0 fully saturated rings. The van der Waals surface area contributed by atoms with Gasteiger partial charge in [-0.15, -0.1) is 0 Å².